The first-order valence-electron chi connectivity index (χ1n) is 9.34. The highest BCUT2D eigenvalue weighted by molar-refractivity contribution is 6.31. The maximum Gasteiger partial charge on any atom is 0.325 e. The molecule has 7 nitrogen and oxygen atoms in total. The first-order valence-corrected chi connectivity index (χ1v) is 9.72. The molecule has 3 unspecified atom stereocenters. The van der Waals surface area contributed by atoms with Gasteiger partial charge in [0.15, 0.2) is 0 Å². The van der Waals surface area contributed by atoms with Crippen molar-refractivity contribution in [3.63, 3.8) is 0 Å². The minimum absolute atomic E-state index is 0.102. The van der Waals surface area contributed by atoms with E-state index in [4.69, 9.17) is 11.6 Å². The molecule has 0 spiro atoms. The van der Waals surface area contributed by atoms with Crippen LogP contribution >= 0.6 is 11.6 Å². The second-order valence-corrected chi connectivity index (χ2v) is 7.44. The van der Waals surface area contributed by atoms with Crippen LogP contribution in [0.5, 0.6) is 0 Å². The van der Waals surface area contributed by atoms with Crippen LogP contribution in [0.2, 0.25) is 5.02 Å². The number of nitrogens with one attached hydrogen (secondary N) is 4. The number of imide groups is 1. The van der Waals surface area contributed by atoms with E-state index < -0.39 is 23.9 Å². The van der Waals surface area contributed by atoms with Gasteiger partial charge in [0, 0.05) is 23.7 Å². The van der Waals surface area contributed by atoms with Gasteiger partial charge in [-0.2, -0.15) is 0 Å². The highest BCUT2D eigenvalue weighted by Crippen LogP contribution is 2.20. The van der Waals surface area contributed by atoms with Crippen LogP contribution in [0, 0.1) is 11.7 Å². The Balaban J connectivity index is 1.38. The van der Waals surface area contributed by atoms with Crippen molar-refractivity contribution in [1.29, 1.82) is 0 Å². The van der Waals surface area contributed by atoms with E-state index in [-0.39, 0.29) is 18.7 Å². The molecule has 0 saturated carbocycles. The van der Waals surface area contributed by atoms with Gasteiger partial charge in [-0.05, 0) is 17.7 Å². The quantitative estimate of drug-likeness (QED) is 0.595. The lowest BCUT2D eigenvalue weighted by Crippen LogP contribution is -2.74. The molecule has 4 N–H and O–H groups in total. The van der Waals surface area contributed by atoms with Crippen molar-refractivity contribution in [3.8, 4) is 0 Å². The van der Waals surface area contributed by atoms with Gasteiger partial charge < -0.3 is 5.32 Å². The monoisotopic (exact) mass is 417 g/mol. The van der Waals surface area contributed by atoms with Crippen molar-refractivity contribution >= 4 is 23.5 Å². The van der Waals surface area contributed by atoms with Crippen molar-refractivity contribution < 1.29 is 14.0 Å². The van der Waals surface area contributed by atoms with Crippen molar-refractivity contribution in [2.24, 2.45) is 5.92 Å². The number of carbonyl (C=O) groups is 2. The third-order valence-electron chi connectivity index (χ3n) is 5.14. The zero-order chi connectivity index (χ0) is 20.4. The number of hydrogen-bond donors (Lipinski definition) is 4. The molecule has 2 aromatic rings. The van der Waals surface area contributed by atoms with Crippen LogP contribution in [0.25, 0.3) is 0 Å². The molecule has 0 bridgehead atoms. The van der Waals surface area contributed by atoms with E-state index in [9.17, 15) is 14.0 Å². The molecular formula is C20H21ClFN5O2. The standard InChI is InChI=1S/C20H21ClFN5O2/c21-15-7-3-1-5-12(15)9-23-19-24-10-14-17(25-19)26-20(29)27(18(14)28)11-13-6-2-4-8-16(13)22/h1-8,14,17,19,23-25H,9-11H2,(H,26,29). The Kier molecular flexibility index (Phi) is 5.77. The lowest BCUT2D eigenvalue weighted by Gasteiger charge is -2.43. The fourth-order valence-electron chi connectivity index (χ4n) is 3.53. The summed E-state index contributed by atoms with van der Waals surface area (Å²) >= 11 is 6.17. The lowest BCUT2D eigenvalue weighted by atomic mass is 9.99. The first-order chi connectivity index (χ1) is 14.0. The summed E-state index contributed by atoms with van der Waals surface area (Å²) in [6.45, 7) is 0.780. The third-order valence-corrected chi connectivity index (χ3v) is 5.51. The SMILES string of the molecule is O=C1NC2NC(NCc3ccccc3Cl)NCC2C(=O)N1Cc1ccccc1F. The minimum Gasteiger partial charge on any atom is -0.321 e. The zero-order valence-corrected chi connectivity index (χ0v) is 16.2. The number of urea groups is 1. The lowest BCUT2D eigenvalue weighted by molar-refractivity contribution is -0.137. The number of fused-ring (bicyclic) bond motifs is 1. The number of nitrogens with zero attached hydrogens (tertiary/aromatic N) is 1. The maximum atomic E-state index is 13.9. The second kappa shape index (κ2) is 8.46. The fourth-order valence-corrected chi connectivity index (χ4v) is 3.73. The minimum atomic E-state index is -0.543. The van der Waals surface area contributed by atoms with Crippen LogP contribution < -0.4 is 21.3 Å². The molecule has 3 amide bonds. The van der Waals surface area contributed by atoms with Crippen LogP contribution in [0.3, 0.4) is 0 Å². The predicted molar refractivity (Wildman–Crippen MR) is 106 cm³/mol. The van der Waals surface area contributed by atoms with Gasteiger partial charge in [0.25, 0.3) is 0 Å². The van der Waals surface area contributed by atoms with E-state index in [0.29, 0.717) is 23.7 Å². The van der Waals surface area contributed by atoms with Gasteiger partial charge in [0.2, 0.25) is 5.91 Å². The Hall–Kier alpha value is -2.52. The highest BCUT2D eigenvalue weighted by atomic mass is 35.5. The molecule has 2 fully saturated rings. The number of benzene rings is 2. The summed E-state index contributed by atoms with van der Waals surface area (Å²) in [5.74, 6) is -1.27. The van der Waals surface area contributed by atoms with E-state index >= 15 is 0 Å². The zero-order valence-electron chi connectivity index (χ0n) is 15.5. The third kappa shape index (κ3) is 4.25. The molecule has 2 aliphatic rings. The molecule has 3 atom stereocenters. The van der Waals surface area contributed by atoms with Gasteiger partial charge in [-0.15, -0.1) is 0 Å². The van der Waals surface area contributed by atoms with Gasteiger partial charge >= 0.3 is 6.03 Å². The average Bonchev–Trinajstić information content (AvgIpc) is 2.71. The molecule has 152 valence electrons. The van der Waals surface area contributed by atoms with Gasteiger partial charge in [-0.25, -0.2) is 9.18 Å². The van der Waals surface area contributed by atoms with Crippen molar-refractivity contribution in [2.75, 3.05) is 6.54 Å². The summed E-state index contributed by atoms with van der Waals surface area (Å²) < 4.78 is 13.9. The van der Waals surface area contributed by atoms with Crippen LogP contribution in [0.15, 0.2) is 48.5 Å². The Labute approximate surface area is 172 Å². The Morgan fingerprint density at radius 2 is 1.83 bits per heavy atom. The highest BCUT2D eigenvalue weighted by Gasteiger charge is 2.44. The summed E-state index contributed by atoms with van der Waals surface area (Å²) in [6, 6.07) is 13.1. The molecule has 0 aromatic heterocycles. The molecule has 0 radical (unpaired) electrons. The topological polar surface area (TPSA) is 85.5 Å². The number of halogens is 2. The van der Waals surface area contributed by atoms with E-state index in [1.165, 1.54) is 6.07 Å². The van der Waals surface area contributed by atoms with E-state index in [1.807, 2.05) is 24.3 Å². The van der Waals surface area contributed by atoms with Crippen molar-refractivity contribution in [3.05, 3.63) is 70.5 Å². The van der Waals surface area contributed by atoms with Crippen LogP contribution in [0.1, 0.15) is 11.1 Å². The molecule has 2 heterocycles. The molecule has 0 aliphatic carbocycles. The summed E-state index contributed by atoms with van der Waals surface area (Å²) in [6.07, 6.45) is -0.824. The maximum absolute atomic E-state index is 13.9. The average molecular weight is 418 g/mol. The van der Waals surface area contributed by atoms with Crippen LogP contribution in [-0.4, -0.2) is 35.8 Å². The van der Waals surface area contributed by atoms with Crippen LogP contribution in [-0.2, 0) is 17.9 Å². The predicted octanol–water partition coefficient (Wildman–Crippen LogP) is 1.74. The number of rotatable bonds is 5. The first kappa shape index (κ1) is 19.8. The number of carbonyl (C=O) groups excluding carboxylic acids is 2. The van der Waals surface area contributed by atoms with Crippen LogP contribution in [0.4, 0.5) is 9.18 Å². The Bertz CT molecular complexity index is 927. The second-order valence-electron chi connectivity index (χ2n) is 7.03. The molecule has 2 aromatic carbocycles. The molecular weight excluding hydrogens is 397 g/mol. The molecule has 2 aliphatic heterocycles. The van der Waals surface area contributed by atoms with Gasteiger partial charge in [0.05, 0.1) is 18.6 Å². The summed E-state index contributed by atoms with van der Waals surface area (Å²) in [5.41, 5.74) is 1.24. The van der Waals surface area contributed by atoms with Gasteiger partial charge in [-0.1, -0.05) is 48.0 Å². The molecule has 4 rings (SSSR count). The molecule has 9 heteroatoms. The van der Waals surface area contributed by atoms with Gasteiger partial charge in [-0.3, -0.25) is 25.6 Å². The van der Waals surface area contributed by atoms with Gasteiger partial charge in [0.1, 0.15) is 12.1 Å². The van der Waals surface area contributed by atoms with E-state index in [0.717, 1.165) is 10.5 Å². The molecule has 29 heavy (non-hydrogen) atoms. The Morgan fingerprint density at radius 1 is 1.10 bits per heavy atom. The largest absolute Gasteiger partial charge is 0.325 e. The number of hydrogen-bond acceptors (Lipinski definition) is 5. The fraction of sp³-hybridized carbons (Fsp3) is 0.300. The van der Waals surface area contributed by atoms with E-state index in [1.54, 1.807) is 18.2 Å². The molecule has 2 saturated heterocycles. The smallest absolute Gasteiger partial charge is 0.321 e. The summed E-state index contributed by atoms with van der Waals surface area (Å²) in [7, 11) is 0. The summed E-state index contributed by atoms with van der Waals surface area (Å²) in [4.78, 5) is 26.4. The summed E-state index contributed by atoms with van der Waals surface area (Å²) in [5, 5.41) is 13.1. The van der Waals surface area contributed by atoms with Crippen molar-refractivity contribution in [2.45, 2.75) is 25.5 Å². The van der Waals surface area contributed by atoms with Crippen molar-refractivity contribution in [1.82, 2.24) is 26.2 Å². The number of amides is 3. The normalized spacial score (nSPS) is 24.2. The Morgan fingerprint density at radius 3 is 2.59 bits per heavy atom. The van der Waals surface area contributed by atoms with E-state index in [2.05, 4.69) is 21.3 Å².